The largest absolute Gasteiger partial charge is 1.00 e. The van der Waals surface area contributed by atoms with Crippen molar-refractivity contribution >= 4 is 71.9 Å². The first-order valence-electron chi connectivity index (χ1n) is 22.9. The molecular formula is C50H80BBrN10NaO10. The van der Waals surface area contributed by atoms with Crippen molar-refractivity contribution in [2.75, 3.05) is 40.3 Å². The molecule has 0 spiro atoms. The second kappa shape index (κ2) is 49.0. The second-order valence-electron chi connectivity index (χ2n) is 16.1. The molecule has 0 bridgehead atoms. The summed E-state index contributed by atoms with van der Waals surface area (Å²) in [6, 6.07) is 11.1. The van der Waals surface area contributed by atoms with Gasteiger partial charge >= 0.3 is 47.6 Å². The van der Waals surface area contributed by atoms with Crippen molar-refractivity contribution in [3.63, 3.8) is 0 Å². The summed E-state index contributed by atoms with van der Waals surface area (Å²) >= 11 is 3.43. The Bertz CT molecular complexity index is 2120. The number of hydrogen-bond donors (Lipinski definition) is 3. The van der Waals surface area contributed by atoms with Gasteiger partial charge in [-0.15, -0.1) is 0 Å². The maximum Gasteiger partial charge on any atom is 1.00 e. The number of aryl methyl sites for hydroxylation is 5. The summed E-state index contributed by atoms with van der Waals surface area (Å²) in [5.41, 5.74) is 30.9. The smallest absolute Gasteiger partial charge is 0.793 e. The molecule has 20 nitrogen and oxygen atoms in total. The second-order valence-corrected chi connectivity index (χ2v) is 16.9. The van der Waals surface area contributed by atoms with Crippen LogP contribution in [0.4, 0.5) is 16.2 Å². The van der Waals surface area contributed by atoms with Crippen molar-refractivity contribution in [2.45, 2.75) is 136 Å². The van der Waals surface area contributed by atoms with Gasteiger partial charge in [0.1, 0.15) is 18.2 Å². The van der Waals surface area contributed by atoms with Crippen molar-refractivity contribution in [3.05, 3.63) is 112 Å². The van der Waals surface area contributed by atoms with Gasteiger partial charge in [0, 0.05) is 77.2 Å². The van der Waals surface area contributed by atoms with E-state index in [9.17, 15) is 28.8 Å². The van der Waals surface area contributed by atoms with Crippen LogP contribution in [0.2, 0.25) is 0 Å². The van der Waals surface area contributed by atoms with Crippen molar-refractivity contribution in [3.8, 4) is 0 Å². The molecule has 73 heavy (non-hydrogen) atoms. The maximum atomic E-state index is 11.5. The summed E-state index contributed by atoms with van der Waals surface area (Å²) in [6.07, 6.45) is 3.58. The molecule has 3 rings (SSSR count). The summed E-state index contributed by atoms with van der Waals surface area (Å²) in [5, 5.41) is 13.2. The number of nitrogens with one attached hydrogen (secondary N) is 2. The molecule has 0 aliphatic carbocycles. The van der Waals surface area contributed by atoms with E-state index in [-0.39, 0.29) is 29.6 Å². The molecule has 401 valence electrons. The van der Waals surface area contributed by atoms with E-state index in [0.717, 1.165) is 88.4 Å². The SMILES string of the molecule is CC.CC(=O)OOC(C)=O.CCCN.CCCN(C)C.Cc1cc(C=O)cc(C)c1Br.Cc1cc(C=O)cc(C)c1N=[N+]=[N-].Cc1ccc(CNCCNC(=O)OC(C)(C)C)c(C)c1N=[N+]=[N-].[B-]OC(C)=O.[Na+]. The van der Waals surface area contributed by atoms with E-state index in [1.165, 1.54) is 19.9 Å². The minimum absolute atomic E-state index is 0. The van der Waals surface area contributed by atoms with Gasteiger partial charge in [-0.25, -0.2) is 24.2 Å². The summed E-state index contributed by atoms with van der Waals surface area (Å²) < 4.78 is 9.85. The molecule has 3 radical (unpaired) electrons. The molecule has 23 heteroatoms. The Morgan fingerprint density at radius 2 is 1.16 bits per heavy atom. The van der Waals surface area contributed by atoms with Crippen molar-refractivity contribution in [1.29, 1.82) is 0 Å². The number of carbonyl (C=O) groups excluding carboxylic acids is 6. The third-order valence-electron chi connectivity index (χ3n) is 7.97. The monoisotopic (exact) mass is 1090 g/mol. The Labute approximate surface area is 466 Å². The van der Waals surface area contributed by atoms with Gasteiger partial charge in [-0.05, 0) is 177 Å². The third-order valence-corrected chi connectivity index (χ3v) is 9.22. The molecule has 0 atom stereocenters. The van der Waals surface area contributed by atoms with E-state index in [0.29, 0.717) is 36.6 Å². The van der Waals surface area contributed by atoms with E-state index in [4.69, 9.17) is 21.5 Å². The fourth-order valence-corrected chi connectivity index (χ4v) is 5.16. The minimum atomic E-state index is -0.639. The number of ether oxygens (including phenoxy) is 1. The number of halogens is 1. The van der Waals surface area contributed by atoms with Crippen molar-refractivity contribution < 1.29 is 77.5 Å². The van der Waals surface area contributed by atoms with Gasteiger partial charge in [0.05, 0.1) is 0 Å². The van der Waals surface area contributed by atoms with E-state index < -0.39 is 29.6 Å². The first-order valence-corrected chi connectivity index (χ1v) is 23.7. The molecule has 1 amide bonds. The average Bonchev–Trinajstić information content (AvgIpc) is 3.31. The fraction of sp³-hybridized carbons (Fsp3) is 0.520. The number of amides is 1. The minimum Gasteiger partial charge on any atom is -0.793 e. The zero-order valence-corrected chi connectivity index (χ0v) is 50.4. The van der Waals surface area contributed by atoms with Crippen LogP contribution in [0.25, 0.3) is 20.9 Å². The number of alkyl carbamates (subject to hydrolysis) is 1. The topological polar surface area (TPSA) is 290 Å². The maximum absolute atomic E-state index is 11.5. The predicted molar refractivity (Wildman–Crippen MR) is 290 cm³/mol. The standard InChI is InChI=1S/C16H25N5O2.C9H9BrO.C9H9N3O.C5H13N.C4H6O4.C3H9N.C2H3BO2.C2H6.Na/c1-11-6-7-13(12(2)14(11)20-21-17)10-18-8-9-19-15(22)23-16(3,4)5;1-6-3-8(5-11)4-7(2)9(6)10;1-6-3-8(5-13)4-7(2)9(6)11-12-10;1-4-5-6(2)3;1-3(5)7-8-4(2)6;1-2-3-4;1-2(4)5-3;1-2;/h6-7,18H,8-10H2,1-5H3,(H,19,22);3-5H,1-2H3;3-5H,1-2H3;4-5H2,1-3H3;1-2H3;2-4H2,1H3;1H3;1-2H3;/q;;;;;;-1;;+1. The number of nitrogens with two attached hydrogens (primary N) is 1. The Hall–Kier alpha value is -5.28. The van der Waals surface area contributed by atoms with Gasteiger partial charge < -0.3 is 38.7 Å². The zero-order chi connectivity index (χ0) is 57.0. The Kier molecular flexibility index (Phi) is 53.1. The summed E-state index contributed by atoms with van der Waals surface area (Å²) in [4.78, 5) is 76.9. The van der Waals surface area contributed by atoms with Crippen LogP contribution in [0.15, 0.2) is 51.1 Å². The number of aldehydes is 2. The number of carbonyl (C=O) groups is 6. The van der Waals surface area contributed by atoms with Crippen LogP contribution in [0.1, 0.15) is 142 Å². The first-order chi connectivity index (χ1) is 33.7. The Morgan fingerprint density at radius 1 is 0.753 bits per heavy atom. The summed E-state index contributed by atoms with van der Waals surface area (Å²) in [6.45, 7) is 32.4. The molecule has 4 N–H and O–H groups in total. The molecule has 0 heterocycles. The molecule has 0 saturated heterocycles. The number of nitrogens with zero attached hydrogens (tertiary/aromatic N) is 7. The first kappa shape index (κ1) is 79.1. The van der Waals surface area contributed by atoms with Gasteiger partial charge in [0.25, 0.3) is 0 Å². The molecular weight excluding hydrogens is 1010 g/mol. The fourth-order valence-electron chi connectivity index (χ4n) is 4.93. The van der Waals surface area contributed by atoms with Crippen LogP contribution in [0.5, 0.6) is 0 Å². The summed E-state index contributed by atoms with van der Waals surface area (Å²) in [7, 11) is 8.50. The average molecular weight is 1090 g/mol. The van der Waals surface area contributed by atoms with Crippen molar-refractivity contribution in [2.24, 2.45) is 16.0 Å². The Morgan fingerprint density at radius 3 is 1.48 bits per heavy atom. The molecule has 0 saturated carbocycles. The predicted octanol–water partition coefficient (Wildman–Crippen LogP) is 8.80. The number of benzene rings is 3. The van der Waals surface area contributed by atoms with Crippen LogP contribution in [-0.4, -0.2) is 95.4 Å². The van der Waals surface area contributed by atoms with Crippen molar-refractivity contribution in [1.82, 2.24) is 15.5 Å². The number of azide groups is 2. The van der Waals surface area contributed by atoms with Crippen LogP contribution in [0.3, 0.4) is 0 Å². The molecule has 3 aromatic carbocycles. The molecule has 0 aliphatic heterocycles. The van der Waals surface area contributed by atoms with E-state index in [1.807, 2.05) is 100 Å². The van der Waals surface area contributed by atoms with Crippen LogP contribution < -0.4 is 45.9 Å². The number of hydrogen-bond acceptors (Lipinski definition) is 15. The molecule has 0 aliphatic rings. The zero-order valence-electron chi connectivity index (χ0n) is 46.8. The van der Waals surface area contributed by atoms with E-state index in [2.05, 4.69) is 102 Å². The van der Waals surface area contributed by atoms with Crippen LogP contribution in [0, 0.1) is 41.5 Å². The van der Waals surface area contributed by atoms with Gasteiger partial charge in [0.15, 0.2) is 0 Å². The molecule has 0 unspecified atom stereocenters. The van der Waals surface area contributed by atoms with E-state index in [1.54, 1.807) is 12.1 Å². The molecule has 0 aromatic heterocycles. The Balaban J connectivity index is -0.000000193. The quantitative estimate of drug-likeness (QED) is 0.0224. The van der Waals surface area contributed by atoms with Crippen LogP contribution >= 0.6 is 15.9 Å². The normalized spacial score (nSPS) is 9.12. The van der Waals surface area contributed by atoms with Gasteiger partial charge in [-0.3, -0.25) is 14.4 Å². The van der Waals surface area contributed by atoms with Crippen LogP contribution in [-0.2, 0) is 40.1 Å². The number of rotatable bonds is 12. The van der Waals surface area contributed by atoms with Gasteiger partial charge in [-0.2, -0.15) is 0 Å². The van der Waals surface area contributed by atoms with E-state index >= 15 is 0 Å². The van der Waals surface area contributed by atoms with Gasteiger partial charge in [0.2, 0.25) is 5.97 Å². The van der Waals surface area contributed by atoms with Gasteiger partial charge in [-0.1, -0.05) is 66.0 Å². The molecule has 3 aromatic rings. The third kappa shape index (κ3) is 46.3. The summed E-state index contributed by atoms with van der Waals surface area (Å²) in [5.74, 6) is -1.74. The molecule has 0 fully saturated rings.